The minimum Gasteiger partial charge on any atom is -0.394 e. The van der Waals surface area contributed by atoms with Gasteiger partial charge in [0, 0.05) is 6.42 Å². The second-order valence-corrected chi connectivity index (χ2v) is 27.8. The molecule has 0 aliphatic carbocycles. The van der Waals surface area contributed by atoms with Crippen molar-refractivity contribution in [2.45, 2.75) is 389 Å². The van der Waals surface area contributed by atoms with Gasteiger partial charge in [0.15, 0.2) is 12.6 Å². The third kappa shape index (κ3) is 50.4. The number of aliphatic hydroxyl groups is 8. The monoisotopic (exact) mass is 1390 g/mol. The fourth-order valence-electron chi connectivity index (χ4n) is 12.6. The molecule has 9 N–H and O–H groups in total. The average molecular weight is 1390 g/mol. The van der Waals surface area contributed by atoms with Gasteiger partial charge in [-0.15, -0.1) is 0 Å². The molecule has 2 aliphatic heterocycles. The smallest absolute Gasteiger partial charge is 0.220 e. The lowest BCUT2D eigenvalue weighted by Gasteiger charge is -2.46. The van der Waals surface area contributed by atoms with E-state index in [0.29, 0.717) is 12.8 Å². The predicted octanol–water partition coefficient (Wildman–Crippen LogP) is 18.4. The van der Waals surface area contributed by atoms with Crippen LogP contribution >= 0.6 is 0 Å². The molecule has 12 atom stereocenters. The van der Waals surface area contributed by atoms with Gasteiger partial charge in [-0.05, 0) is 96.3 Å². The van der Waals surface area contributed by atoms with E-state index in [4.69, 9.17) is 18.9 Å². The van der Waals surface area contributed by atoms with E-state index < -0.39 is 86.8 Å². The molecule has 99 heavy (non-hydrogen) atoms. The molecule has 0 radical (unpaired) electrons. The molecule has 2 saturated heterocycles. The molecule has 1 amide bonds. The Balaban J connectivity index is 1.62. The summed E-state index contributed by atoms with van der Waals surface area (Å²) in [5.74, 6) is -0.250. The van der Waals surface area contributed by atoms with Gasteiger partial charge in [0.25, 0.3) is 0 Å². The Hall–Kier alpha value is -3.61. The van der Waals surface area contributed by atoms with Crippen molar-refractivity contribution in [3.05, 3.63) is 122 Å². The lowest BCUT2D eigenvalue weighted by Crippen LogP contribution is -2.65. The summed E-state index contributed by atoms with van der Waals surface area (Å²) in [4.78, 5) is 13.4. The maximum atomic E-state index is 13.4. The molecule has 0 spiro atoms. The number of ether oxygens (including phenoxy) is 4. The average Bonchev–Trinajstić information content (AvgIpc) is 0.794. The van der Waals surface area contributed by atoms with Crippen molar-refractivity contribution in [2.75, 3.05) is 19.8 Å². The minimum atomic E-state index is -1.80. The molecule has 14 heteroatoms. The minimum absolute atomic E-state index is 0.250. The fraction of sp³-hybridized carbons (Fsp3) is 0.753. The van der Waals surface area contributed by atoms with Gasteiger partial charge in [-0.3, -0.25) is 4.79 Å². The van der Waals surface area contributed by atoms with Gasteiger partial charge in [0.1, 0.15) is 48.8 Å². The van der Waals surface area contributed by atoms with Crippen LogP contribution in [0.4, 0.5) is 0 Å². The third-order valence-electron chi connectivity index (χ3n) is 18.9. The number of allylic oxidation sites excluding steroid dienone is 19. The maximum Gasteiger partial charge on any atom is 0.220 e. The molecule has 0 saturated carbocycles. The van der Waals surface area contributed by atoms with E-state index in [0.717, 1.165) is 89.9 Å². The molecule has 2 rings (SSSR count). The van der Waals surface area contributed by atoms with Crippen LogP contribution in [-0.4, -0.2) is 140 Å². The summed E-state index contributed by atoms with van der Waals surface area (Å²) < 4.78 is 22.9. The molecule has 0 aromatic carbocycles. The predicted molar refractivity (Wildman–Crippen MR) is 410 cm³/mol. The van der Waals surface area contributed by atoms with Crippen LogP contribution in [0.5, 0.6) is 0 Å². The van der Waals surface area contributed by atoms with E-state index in [1.165, 1.54) is 193 Å². The van der Waals surface area contributed by atoms with Crippen LogP contribution in [0.2, 0.25) is 0 Å². The van der Waals surface area contributed by atoms with Gasteiger partial charge in [-0.25, -0.2) is 0 Å². The van der Waals surface area contributed by atoms with Crippen molar-refractivity contribution in [1.82, 2.24) is 5.32 Å². The zero-order valence-electron chi connectivity index (χ0n) is 62.4. The van der Waals surface area contributed by atoms with E-state index >= 15 is 0 Å². The van der Waals surface area contributed by atoms with E-state index in [9.17, 15) is 45.6 Å². The molecule has 2 aliphatic rings. The van der Waals surface area contributed by atoms with Crippen molar-refractivity contribution in [3.63, 3.8) is 0 Å². The molecular weight excluding hydrogens is 1240 g/mol. The number of hydrogen-bond donors (Lipinski definition) is 9. The number of aliphatic hydroxyl groups excluding tert-OH is 8. The van der Waals surface area contributed by atoms with Crippen LogP contribution in [0.15, 0.2) is 122 Å². The van der Waals surface area contributed by atoms with Crippen molar-refractivity contribution < 1.29 is 64.6 Å². The molecule has 0 aromatic rings. The Labute approximate surface area is 603 Å². The van der Waals surface area contributed by atoms with Crippen LogP contribution in [0, 0.1) is 0 Å². The largest absolute Gasteiger partial charge is 0.394 e. The van der Waals surface area contributed by atoms with Gasteiger partial charge in [0.2, 0.25) is 5.91 Å². The van der Waals surface area contributed by atoms with Crippen molar-refractivity contribution in [2.24, 2.45) is 0 Å². The van der Waals surface area contributed by atoms with E-state index in [1.807, 2.05) is 6.08 Å². The fourth-order valence-corrected chi connectivity index (χ4v) is 12.6. The van der Waals surface area contributed by atoms with Gasteiger partial charge >= 0.3 is 0 Å². The molecule has 0 aromatic heterocycles. The first-order chi connectivity index (χ1) is 48.6. The molecule has 570 valence electrons. The number of rotatable bonds is 66. The van der Waals surface area contributed by atoms with Crippen LogP contribution in [0.1, 0.15) is 316 Å². The highest BCUT2D eigenvalue weighted by Crippen LogP contribution is 2.30. The highest BCUT2D eigenvalue weighted by Gasteiger charge is 2.51. The second kappa shape index (κ2) is 67.6. The highest BCUT2D eigenvalue weighted by atomic mass is 16.7. The van der Waals surface area contributed by atoms with Crippen LogP contribution < -0.4 is 5.32 Å². The zero-order valence-corrected chi connectivity index (χ0v) is 62.4. The maximum absolute atomic E-state index is 13.4. The lowest BCUT2D eigenvalue weighted by molar-refractivity contribution is -0.359. The van der Waals surface area contributed by atoms with Crippen LogP contribution in [0.25, 0.3) is 0 Å². The van der Waals surface area contributed by atoms with Gasteiger partial charge in [-0.1, -0.05) is 334 Å². The first-order valence-electron chi connectivity index (χ1n) is 40.3. The second-order valence-electron chi connectivity index (χ2n) is 27.8. The van der Waals surface area contributed by atoms with Gasteiger partial charge < -0.3 is 65.1 Å². The van der Waals surface area contributed by atoms with Crippen molar-refractivity contribution in [3.8, 4) is 0 Å². The third-order valence-corrected chi connectivity index (χ3v) is 18.9. The lowest BCUT2D eigenvalue weighted by atomic mass is 9.97. The topological polar surface area (TPSA) is 228 Å². The number of unbranched alkanes of at least 4 members (excludes halogenated alkanes) is 35. The molecule has 0 bridgehead atoms. The summed E-state index contributed by atoms with van der Waals surface area (Å²) >= 11 is 0. The molecule has 12 unspecified atom stereocenters. The van der Waals surface area contributed by atoms with Crippen LogP contribution in [0.3, 0.4) is 0 Å². The summed E-state index contributed by atoms with van der Waals surface area (Å²) in [6.07, 6.45) is 82.7. The Morgan fingerprint density at radius 2 is 0.707 bits per heavy atom. The number of carbonyl (C=O) groups excluding carboxylic acids is 1. The Morgan fingerprint density at radius 1 is 0.374 bits per heavy atom. The van der Waals surface area contributed by atoms with E-state index in [1.54, 1.807) is 6.08 Å². The number of hydrogen-bond acceptors (Lipinski definition) is 13. The standard InChI is InChI=1S/C85H147NO13/c1-3-5-7-9-11-13-15-17-19-21-23-25-27-29-31-32-33-34-35-36-37-38-39-40-41-42-43-45-47-49-51-53-55-57-59-61-63-65-67-69-77(90)86-73(72-96-84-82(95)80(93)83(76(71-88)98-84)99-85-81(94)79(92)78(91)75(70-87)97-85)74(89)68-66-64-62-60-58-56-54-52-50-48-46-44-30-28-26-24-22-20-18-16-14-12-10-8-6-4-2/h5,7,11,13,17,19,23,25,29,31,33-34,36-37,39-40,58,60,66,68,73-76,78-85,87-89,91-95H,3-4,6,8-10,12,14-16,18,20-22,24,26-28,30,32,35,38,41-57,59,61-65,67,69-72H2,1-2H3,(H,86,90)/b7-5-,13-11-,19-17-,25-23-,31-29-,34-33-,37-36-,40-39-,60-58+,68-66+. The Morgan fingerprint density at radius 3 is 1.11 bits per heavy atom. The number of nitrogens with one attached hydrogen (secondary N) is 1. The summed E-state index contributed by atoms with van der Waals surface area (Å²) in [6.45, 7) is 2.70. The molecule has 2 heterocycles. The molecule has 14 nitrogen and oxygen atoms in total. The first kappa shape index (κ1) is 91.5. The van der Waals surface area contributed by atoms with Crippen molar-refractivity contribution in [1.29, 1.82) is 0 Å². The van der Waals surface area contributed by atoms with Crippen LogP contribution in [-0.2, 0) is 23.7 Å². The highest BCUT2D eigenvalue weighted by molar-refractivity contribution is 5.76. The normalized spacial score (nSPS) is 22.6. The number of carbonyl (C=O) groups is 1. The first-order valence-corrected chi connectivity index (χ1v) is 40.3. The zero-order chi connectivity index (χ0) is 71.5. The Kier molecular flexibility index (Phi) is 62.4. The van der Waals surface area contributed by atoms with Crippen molar-refractivity contribution >= 4 is 5.91 Å². The van der Waals surface area contributed by atoms with E-state index in [2.05, 4.69) is 129 Å². The van der Waals surface area contributed by atoms with E-state index in [-0.39, 0.29) is 18.9 Å². The van der Waals surface area contributed by atoms with Gasteiger partial charge in [-0.2, -0.15) is 0 Å². The molecular formula is C85H147NO13. The quantitative estimate of drug-likeness (QED) is 0.0204. The number of amides is 1. The summed E-state index contributed by atoms with van der Waals surface area (Å²) in [7, 11) is 0. The SMILES string of the molecule is CC/C=C\C/C=C\C/C=C\C/C=C\C/C=C\C/C=C\C/C=C\C/C=C\CCCCCCCCCCCCCCCCC(=O)NC(COC1OC(CO)C(OC2OC(CO)C(O)C(O)C2O)C(O)C1O)C(O)/C=C/CC/C=C/CCCCCCCCCCCCCCCCCCCCCC. The molecule has 2 fully saturated rings. The summed E-state index contributed by atoms with van der Waals surface area (Å²) in [6, 6.07) is -0.941. The summed E-state index contributed by atoms with van der Waals surface area (Å²) in [5, 5.41) is 87.7. The van der Waals surface area contributed by atoms with Gasteiger partial charge in [0.05, 0.1) is 32.0 Å². The summed E-state index contributed by atoms with van der Waals surface area (Å²) in [5.41, 5.74) is 0. The Bertz CT molecular complexity index is 2130.